The first-order valence-electron chi connectivity index (χ1n) is 7.16. The summed E-state index contributed by atoms with van der Waals surface area (Å²) in [5, 5.41) is 3.47. The van der Waals surface area contributed by atoms with E-state index in [9.17, 15) is 13.6 Å². The third-order valence-corrected chi connectivity index (χ3v) is 3.29. The van der Waals surface area contributed by atoms with Crippen LogP contribution in [0.3, 0.4) is 0 Å². The van der Waals surface area contributed by atoms with Crippen LogP contribution in [0.1, 0.15) is 13.3 Å². The lowest BCUT2D eigenvalue weighted by Gasteiger charge is -2.10. The first-order valence-corrected chi connectivity index (χ1v) is 7.16. The fraction of sp³-hybridized carbons (Fsp3) is 0.188. The standard InChI is InChI=1S/C16H14F2N4O/c1-2-5-22-14(23)4-3-10-9-19-16(21-15(10)22)20-13-7-11(17)6-12(18)8-13/h3-4,6-9H,2,5H2,1H3,(H,19,20,21). The minimum atomic E-state index is -0.698. The fourth-order valence-electron chi connectivity index (χ4n) is 2.33. The van der Waals surface area contributed by atoms with E-state index in [1.54, 1.807) is 16.8 Å². The van der Waals surface area contributed by atoms with Crippen molar-refractivity contribution in [3.05, 3.63) is 58.5 Å². The molecule has 0 spiro atoms. The van der Waals surface area contributed by atoms with Gasteiger partial charge in [-0.25, -0.2) is 13.8 Å². The molecule has 1 N–H and O–H groups in total. The Balaban J connectivity index is 2.05. The Morgan fingerprint density at radius 3 is 2.61 bits per heavy atom. The highest BCUT2D eigenvalue weighted by molar-refractivity contribution is 5.75. The van der Waals surface area contributed by atoms with Gasteiger partial charge >= 0.3 is 0 Å². The highest BCUT2D eigenvalue weighted by atomic mass is 19.1. The molecule has 0 aliphatic heterocycles. The van der Waals surface area contributed by atoms with Crippen LogP contribution in [0.5, 0.6) is 0 Å². The van der Waals surface area contributed by atoms with E-state index >= 15 is 0 Å². The normalized spacial score (nSPS) is 10.9. The van der Waals surface area contributed by atoms with Crippen molar-refractivity contribution in [3.8, 4) is 0 Å². The van der Waals surface area contributed by atoms with Gasteiger partial charge in [0.1, 0.15) is 17.3 Å². The summed E-state index contributed by atoms with van der Waals surface area (Å²) in [6, 6.07) is 6.18. The molecule has 3 rings (SSSR count). The van der Waals surface area contributed by atoms with E-state index in [2.05, 4.69) is 15.3 Å². The highest BCUT2D eigenvalue weighted by Gasteiger charge is 2.08. The molecule has 1 aromatic carbocycles. The topological polar surface area (TPSA) is 59.8 Å². The fourth-order valence-corrected chi connectivity index (χ4v) is 2.33. The molecule has 7 heteroatoms. The molecule has 3 aromatic rings. The lowest BCUT2D eigenvalue weighted by atomic mass is 10.3. The first kappa shape index (κ1) is 15.1. The monoisotopic (exact) mass is 316 g/mol. The number of fused-ring (bicyclic) bond motifs is 1. The van der Waals surface area contributed by atoms with Crippen LogP contribution in [0.15, 0.2) is 41.3 Å². The van der Waals surface area contributed by atoms with Crippen molar-refractivity contribution in [1.82, 2.24) is 14.5 Å². The Labute approximate surface area is 130 Å². The van der Waals surface area contributed by atoms with E-state index in [1.807, 2.05) is 6.92 Å². The molecule has 2 heterocycles. The molecule has 0 radical (unpaired) electrons. The van der Waals surface area contributed by atoms with Crippen LogP contribution in [0, 0.1) is 11.6 Å². The molecule has 0 bridgehead atoms. The molecule has 0 amide bonds. The maximum atomic E-state index is 13.2. The van der Waals surface area contributed by atoms with Gasteiger partial charge in [-0.05, 0) is 24.6 Å². The number of nitrogens with one attached hydrogen (secondary N) is 1. The number of halogens is 2. The molecule has 23 heavy (non-hydrogen) atoms. The van der Waals surface area contributed by atoms with Gasteiger partial charge < -0.3 is 5.32 Å². The zero-order chi connectivity index (χ0) is 16.4. The van der Waals surface area contributed by atoms with Gasteiger partial charge in [0.15, 0.2) is 0 Å². The number of rotatable bonds is 4. The van der Waals surface area contributed by atoms with Crippen LogP contribution in [0.4, 0.5) is 20.4 Å². The van der Waals surface area contributed by atoms with Gasteiger partial charge in [0.2, 0.25) is 5.95 Å². The van der Waals surface area contributed by atoms with E-state index in [0.717, 1.165) is 24.6 Å². The molecule has 5 nitrogen and oxygen atoms in total. The van der Waals surface area contributed by atoms with Gasteiger partial charge in [-0.3, -0.25) is 9.36 Å². The predicted molar refractivity (Wildman–Crippen MR) is 83.7 cm³/mol. The van der Waals surface area contributed by atoms with Crippen LogP contribution < -0.4 is 10.9 Å². The Bertz CT molecular complexity index is 903. The molecule has 0 saturated heterocycles. The van der Waals surface area contributed by atoms with E-state index in [-0.39, 0.29) is 17.2 Å². The van der Waals surface area contributed by atoms with Crippen LogP contribution in [-0.2, 0) is 6.54 Å². The molecular weight excluding hydrogens is 302 g/mol. The first-order chi connectivity index (χ1) is 11.1. The summed E-state index contributed by atoms with van der Waals surface area (Å²) in [5.74, 6) is -1.23. The number of nitrogens with zero attached hydrogens (tertiary/aromatic N) is 3. The van der Waals surface area contributed by atoms with Gasteiger partial charge in [0.25, 0.3) is 5.56 Å². The smallest absolute Gasteiger partial charge is 0.252 e. The maximum Gasteiger partial charge on any atom is 0.252 e. The van der Waals surface area contributed by atoms with Crippen molar-refractivity contribution in [1.29, 1.82) is 0 Å². The SMILES string of the molecule is CCCn1c(=O)ccc2cnc(Nc3cc(F)cc(F)c3)nc21. The summed E-state index contributed by atoms with van der Waals surface area (Å²) < 4.78 is 28.0. The van der Waals surface area contributed by atoms with Crippen LogP contribution in [0.2, 0.25) is 0 Å². The number of benzene rings is 1. The number of aryl methyl sites for hydroxylation is 1. The number of hydrogen-bond donors (Lipinski definition) is 1. The van der Waals surface area contributed by atoms with Gasteiger partial charge in [0.05, 0.1) is 0 Å². The Kier molecular flexibility index (Phi) is 4.01. The van der Waals surface area contributed by atoms with Crippen LogP contribution in [-0.4, -0.2) is 14.5 Å². The predicted octanol–water partition coefficient (Wildman–Crippen LogP) is 3.22. The molecule has 0 unspecified atom stereocenters. The maximum absolute atomic E-state index is 13.2. The number of pyridine rings is 1. The Hall–Kier alpha value is -2.83. The average Bonchev–Trinajstić information content (AvgIpc) is 2.49. The van der Waals surface area contributed by atoms with Crippen molar-refractivity contribution in [2.24, 2.45) is 0 Å². The second-order valence-electron chi connectivity index (χ2n) is 5.08. The summed E-state index contributed by atoms with van der Waals surface area (Å²) in [6.45, 7) is 2.49. The summed E-state index contributed by atoms with van der Waals surface area (Å²) in [6.07, 6.45) is 2.34. The number of aromatic nitrogens is 3. The second kappa shape index (κ2) is 6.12. The molecule has 0 aliphatic rings. The van der Waals surface area contributed by atoms with Crippen LogP contribution >= 0.6 is 0 Å². The van der Waals surface area contributed by atoms with E-state index < -0.39 is 11.6 Å². The lowest BCUT2D eigenvalue weighted by Crippen LogP contribution is -2.20. The molecule has 0 aliphatic carbocycles. The number of anilines is 2. The van der Waals surface area contributed by atoms with Gasteiger partial charge in [-0.2, -0.15) is 4.98 Å². The summed E-state index contributed by atoms with van der Waals surface area (Å²) >= 11 is 0. The molecule has 2 aromatic heterocycles. The minimum absolute atomic E-state index is 0.152. The van der Waals surface area contributed by atoms with Crippen molar-refractivity contribution < 1.29 is 8.78 Å². The summed E-state index contributed by atoms with van der Waals surface area (Å²) in [7, 11) is 0. The van der Waals surface area contributed by atoms with Gasteiger partial charge in [0, 0.05) is 35.9 Å². The summed E-state index contributed by atoms with van der Waals surface area (Å²) in [5.41, 5.74) is 0.525. The second-order valence-corrected chi connectivity index (χ2v) is 5.08. The highest BCUT2D eigenvalue weighted by Crippen LogP contribution is 2.18. The van der Waals surface area contributed by atoms with Crippen molar-refractivity contribution in [2.45, 2.75) is 19.9 Å². The Morgan fingerprint density at radius 2 is 1.91 bits per heavy atom. The zero-order valence-electron chi connectivity index (χ0n) is 12.4. The number of hydrogen-bond acceptors (Lipinski definition) is 4. The molecule has 118 valence electrons. The molecule has 0 fully saturated rings. The van der Waals surface area contributed by atoms with E-state index in [4.69, 9.17) is 0 Å². The quantitative estimate of drug-likeness (QED) is 0.803. The van der Waals surface area contributed by atoms with Crippen molar-refractivity contribution in [2.75, 3.05) is 5.32 Å². The third kappa shape index (κ3) is 3.18. The third-order valence-electron chi connectivity index (χ3n) is 3.29. The average molecular weight is 316 g/mol. The lowest BCUT2D eigenvalue weighted by molar-refractivity contribution is 0.584. The zero-order valence-corrected chi connectivity index (χ0v) is 12.4. The van der Waals surface area contributed by atoms with E-state index in [1.165, 1.54) is 6.07 Å². The molecule has 0 saturated carbocycles. The van der Waals surface area contributed by atoms with Crippen molar-refractivity contribution in [3.63, 3.8) is 0 Å². The molecule has 0 atom stereocenters. The summed E-state index contributed by atoms with van der Waals surface area (Å²) in [4.78, 5) is 20.4. The minimum Gasteiger partial charge on any atom is -0.324 e. The Morgan fingerprint density at radius 1 is 1.17 bits per heavy atom. The molecular formula is C16H14F2N4O. The van der Waals surface area contributed by atoms with Crippen molar-refractivity contribution >= 4 is 22.7 Å². The largest absolute Gasteiger partial charge is 0.324 e. The van der Waals surface area contributed by atoms with Crippen LogP contribution in [0.25, 0.3) is 11.0 Å². The van der Waals surface area contributed by atoms with Gasteiger partial charge in [-0.1, -0.05) is 6.92 Å². The van der Waals surface area contributed by atoms with E-state index in [0.29, 0.717) is 17.6 Å². The van der Waals surface area contributed by atoms with Gasteiger partial charge in [-0.15, -0.1) is 0 Å².